The average Bonchev–Trinajstić information content (AvgIpc) is 2.67. The van der Waals surface area contributed by atoms with Gasteiger partial charge in [0.2, 0.25) is 0 Å². The topological polar surface area (TPSA) is 43.2 Å². The number of ether oxygens (including phenoxy) is 2. The van der Waals surface area contributed by atoms with Crippen LogP contribution in [0.15, 0.2) is 9.98 Å². The number of rotatable bonds is 0. The van der Waals surface area contributed by atoms with E-state index in [2.05, 4.69) is 19.5 Å². The SMILES string of the molecule is C1=NCCO1.C1=NCCO1.[Ni]. The average molecular weight is 201 g/mol. The quantitative estimate of drug-likeness (QED) is 0.521. The molecule has 2 heterocycles. The van der Waals surface area contributed by atoms with E-state index in [9.17, 15) is 0 Å². The molecule has 0 atom stereocenters. The van der Waals surface area contributed by atoms with E-state index in [0.29, 0.717) is 0 Å². The molecule has 0 aromatic rings. The number of aliphatic imine (C=N–C) groups is 2. The summed E-state index contributed by atoms with van der Waals surface area (Å²) in [6.45, 7) is 3.25. The van der Waals surface area contributed by atoms with Crippen LogP contribution in [-0.4, -0.2) is 39.1 Å². The first kappa shape index (κ1) is 10.4. The Hall–Kier alpha value is -0.566. The van der Waals surface area contributed by atoms with Crippen LogP contribution in [0.3, 0.4) is 0 Å². The van der Waals surface area contributed by atoms with Crippen LogP contribution in [0, 0.1) is 0 Å². The smallest absolute Gasteiger partial charge is 0.169 e. The molecule has 11 heavy (non-hydrogen) atoms. The van der Waals surface area contributed by atoms with Crippen molar-refractivity contribution in [3.8, 4) is 0 Å². The van der Waals surface area contributed by atoms with Crippen molar-refractivity contribution in [1.29, 1.82) is 0 Å². The van der Waals surface area contributed by atoms with Gasteiger partial charge in [0.25, 0.3) is 0 Å². The summed E-state index contributed by atoms with van der Waals surface area (Å²) < 4.78 is 9.31. The van der Waals surface area contributed by atoms with Crippen LogP contribution in [0.25, 0.3) is 0 Å². The van der Waals surface area contributed by atoms with Crippen LogP contribution in [0.2, 0.25) is 0 Å². The van der Waals surface area contributed by atoms with Crippen molar-refractivity contribution in [1.82, 2.24) is 0 Å². The van der Waals surface area contributed by atoms with Gasteiger partial charge < -0.3 is 9.47 Å². The summed E-state index contributed by atoms with van der Waals surface area (Å²) in [5.41, 5.74) is 0. The van der Waals surface area contributed by atoms with E-state index in [1.165, 1.54) is 12.8 Å². The Morgan fingerprint density at radius 2 is 1.36 bits per heavy atom. The van der Waals surface area contributed by atoms with Gasteiger partial charge >= 0.3 is 0 Å². The van der Waals surface area contributed by atoms with Gasteiger partial charge in [-0.1, -0.05) is 0 Å². The van der Waals surface area contributed by atoms with Crippen molar-refractivity contribution in [2.24, 2.45) is 9.98 Å². The van der Waals surface area contributed by atoms with Crippen molar-refractivity contribution in [3.63, 3.8) is 0 Å². The molecule has 0 aromatic carbocycles. The molecule has 0 radical (unpaired) electrons. The van der Waals surface area contributed by atoms with E-state index in [0.717, 1.165) is 26.3 Å². The standard InChI is InChI=1S/2C3H5NO.Ni/c2*1-2-5-3-4-1;/h2*3H,1-2H2;. The van der Waals surface area contributed by atoms with Gasteiger partial charge in [0.05, 0.1) is 13.1 Å². The molecule has 2 aliphatic rings. The Kier molecular flexibility index (Phi) is 7.15. The predicted molar refractivity (Wildman–Crippen MR) is 38.6 cm³/mol. The van der Waals surface area contributed by atoms with Crippen molar-refractivity contribution in [2.45, 2.75) is 0 Å². The second-order valence-corrected chi connectivity index (χ2v) is 1.76. The molecular formula is C6H10N2NiO2. The minimum Gasteiger partial charge on any atom is -0.482 e. The molecule has 0 aromatic heterocycles. The zero-order valence-electron chi connectivity index (χ0n) is 6.01. The maximum Gasteiger partial charge on any atom is 0.169 e. The molecule has 0 aliphatic carbocycles. The van der Waals surface area contributed by atoms with Crippen LogP contribution in [0.1, 0.15) is 0 Å². The summed E-state index contributed by atoms with van der Waals surface area (Å²) in [6, 6.07) is 0. The number of hydrogen-bond acceptors (Lipinski definition) is 4. The molecule has 66 valence electrons. The molecule has 4 nitrogen and oxygen atoms in total. The van der Waals surface area contributed by atoms with Crippen LogP contribution in [-0.2, 0) is 26.0 Å². The minimum absolute atomic E-state index is 0. The molecule has 0 fully saturated rings. The maximum atomic E-state index is 4.65. The molecule has 0 unspecified atom stereocenters. The summed E-state index contributed by atoms with van der Waals surface area (Å²) in [7, 11) is 0. The van der Waals surface area contributed by atoms with E-state index in [1.54, 1.807) is 0 Å². The van der Waals surface area contributed by atoms with Gasteiger partial charge in [0.15, 0.2) is 12.8 Å². The van der Waals surface area contributed by atoms with Crippen LogP contribution >= 0.6 is 0 Å². The number of hydrogen-bond donors (Lipinski definition) is 0. The van der Waals surface area contributed by atoms with Crippen molar-refractivity contribution in [3.05, 3.63) is 0 Å². The van der Waals surface area contributed by atoms with Gasteiger partial charge in [-0.05, 0) is 0 Å². The predicted octanol–water partition coefficient (Wildman–Crippen LogP) is 0.0873. The van der Waals surface area contributed by atoms with Gasteiger partial charge in [-0.3, -0.25) is 9.98 Å². The first-order valence-electron chi connectivity index (χ1n) is 3.20. The Labute approximate surface area is 75.6 Å². The maximum absolute atomic E-state index is 4.65. The fourth-order valence-corrected chi connectivity index (χ4v) is 0.527. The van der Waals surface area contributed by atoms with Crippen LogP contribution < -0.4 is 0 Å². The molecule has 0 spiro atoms. The molecule has 0 N–H and O–H groups in total. The molecule has 0 saturated heterocycles. The molecule has 2 aliphatic heterocycles. The third-order valence-corrected chi connectivity index (χ3v) is 0.975. The van der Waals surface area contributed by atoms with Crippen LogP contribution in [0.5, 0.6) is 0 Å². The zero-order valence-corrected chi connectivity index (χ0v) is 7.00. The first-order valence-corrected chi connectivity index (χ1v) is 3.20. The van der Waals surface area contributed by atoms with E-state index in [1.807, 2.05) is 0 Å². The summed E-state index contributed by atoms with van der Waals surface area (Å²) in [5, 5.41) is 0. The van der Waals surface area contributed by atoms with Crippen LogP contribution in [0.4, 0.5) is 0 Å². The zero-order chi connectivity index (χ0) is 7.07. The number of nitrogens with zero attached hydrogens (tertiary/aromatic N) is 2. The fourth-order valence-electron chi connectivity index (χ4n) is 0.527. The third-order valence-electron chi connectivity index (χ3n) is 0.975. The molecule has 2 rings (SSSR count). The Bertz CT molecular complexity index is 111. The van der Waals surface area contributed by atoms with Gasteiger partial charge in [-0.15, -0.1) is 0 Å². The summed E-state index contributed by atoms with van der Waals surface area (Å²) in [5.74, 6) is 0. The summed E-state index contributed by atoms with van der Waals surface area (Å²) in [4.78, 5) is 7.47. The third kappa shape index (κ3) is 5.86. The first-order chi connectivity index (χ1) is 5.00. The van der Waals surface area contributed by atoms with E-state index < -0.39 is 0 Å². The Morgan fingerprint density at radius 1 is 0.909 bits per heavy atom. The van der Waals surface area contributed by atoms with E-state index >= 15 is 0 Å². The second kappa shape index (κ2) is 7.54. The summed E-state index contributed by atoms with van der Waals surface area (Å²) in [6.07, 6.45) is 2.97. The summed E-state index contributed by atoms with van der Waals surface area (Å²) >= 11 is 0. The largest absolute Gasteiger partial charge is 0.482 e. The fraction of sp³-hybridized carbons (Fsp3) is 0.667. The van der Waals surface area contributed by atoms with Gasteiger partial charge in [-0.25, -0.2) is 0 Å². The molecule has 0 saturated carbocycles. The molecule has 0 bridgehead atoms. The van der Waals surface area contributed by atoms with Crippen molar-refractivity contribution in [2.75, 3.05) is 26.3 Å². The van der Waals surface area contributed by atoms with Crippen molar-refractivity contribution >= 4 is 12.8 Å². The van der Waals surface area contributed by atoms with E-state index in [-0.39, 0.29) is 16.5 Å². The Balaban J connectivity index is 0.000000167. The van der Waals surface area contributed by atoms with E-state index in [4.69, 9.17) is 0 Å². The van der Waals surface area contributed by atoms with Gasteiger partial charge in [-0.2, -0.15) is 0 Å². The van der Waals surface area contributed by atoms with Crippen molar-refractivity contribution < 1.29 is 26.0 Å². The second-order valence-electron chi connectivity index (χ2n) is 1.76. The normalized spacial score (nSPS) is 17.5. The molecule has 5 heteroatoms. The molecule has 0 amide bonds. The molecular weight excluding hydrogens is 191 g/mol. The Morgan fingerprint density at radius 3 is 1.45 bits per heavy atom. The minimum atomic E-state index is 0. The van der Waals surface area contributed by atoms with Gasteiger partial charge in [0, 0.05) is 16.5 Å². The van der Waals surface area contributed by atoms with Gasteiger partial charge in [0.1, 0.15) is 13.2 Å². The monoisotopic (exact) mass is 200 g/mol.